The second-order valence-electron chi connectivity index (χ2n) is 7.50. The summed E-state index contributed by atoms with van der Waals surface area (Å²) in [6.07, 6.45) is 0.623. The molecule has 2 heterocycles. The van der Waals surface area contributed by atoms with E-state index in [4.69, 9.17) is 18.6 Å². The van der Waals surface area contributed by atoms with E-state index in [2.05, 4.69) is 16.0 Å². The van der Waals surface area contributed by atoms with E-state index >= 15 is 0 Å². The normalized spacial score (nSPS) is 16.1. The number of ether oxygens (including phenoxy) is 3. The van der Waals surface area contributed by atoms with E-state index in [0.717, 1.165) is 0 Å². The number of esters is 2. The smallest absolute Gasteiger partial charge is 0.407 e. The molecule has 1 aliphatic heterocycles. The molecule has 31 heavy (non-hydrogen) atoms. The minimum absolute atomic E-state index is 0.000459. The number of nitrogens with one attached hydrogen (secondary N) is 3. The van der Waals surface area contributed by atoms with Crippen LogP contribution < -0.4 is 16.0 Å². The van der Waals surface area contributed by atoms with E-state index in [9.17, 15) is 19.2 Å². The minimum atomic E-state index is -0.898. The zero-order chi connectivity index (χ0) is 23.0. The van der Waals surface area contributed by atoms with Crippen LogP contribution in [0.5, 0.6) is 0 Å². The second-order valence-corrected chi connectivity index (χ2v) is 7.50. The van der Waals surface area contributed by atoms with Crippen molar-refractivity contribution in [1.82, 2.24) is 16.0 Å². The molecule has 0 fully saturated rings. The van der Waals surface area contributed by atoms with Gasteiger partial charge in [0.15, 0.2) is 0 Å². The number of carbonyl (C=O) groups excluding carboxylic acids is 4. The molecular weight excluding hydrogens is 410 g/mol. The van der Waals surface area contributed by atoms with Crippen LogP contribution in [0, 0.1) is 0 Å². The fourth-order valence-corrected chi connectivity index (χ4v) is 2.66. The predicted octanol–water partition coefficient (Wildman–Crippen LogP) is 1.91. The maximum atomic E-state index is 12.5. The molecule has 0 saturated heterocycles. The number of hydrogen-bond donors (Lipinski definition) is 3. The van der Waals surface area contributed by atoms with Gasteiger partial charge in [0.25, 0.3) is 0 Å². The van der Waals surface area contributed by atoms with Crippen molar-refractivity contribution >= 4 is 24.1 Å². The van der Waals surface area contributed by atoms with Crippen molar-refractivity contribution in [2.45, 2.75) is 45.8 Å². The van der Waals surface area contributed by atoms with E-state index < -0.39 is 35.7 Å². The highest BCUT2D eigenvalue weighted by Gasteiger charge is 2.35. The van der Waals surface area contributed by atoms with Gasteiger partial charge in [-0.3, -0.25) is 4.79 Å². The average Bonchev–Trinajstić information content (AvgIpc) is 3.19. The number of amides is 3. The van der Waals surface area contributed by atoms with Gasteiger partial charge in [0.1, 0.15) is 24.0 Å². The average molecular weight is 437 g/mol. The first-order valence-electron chi connectivity index (χ1n) is 9.74. The molecule has 11 nitrogen and oxygen atoms in total. The number of furan rings is 1. The maximum absolute atomic E-state index is 12.5. The first-order valence-corrected chi connectivity index (χ1v) is 9.74. The van der Waals surface area contributed by atoms with Gasteiger partial charge < -0.3 is 34.6 Å². The molecule has 0 bridgehead atoms. The van der Waals surface area contributed by atoms with Crippen molar-refractivity contribution in [1.29, 1.82) is 0 Å². The Morgan fingerprint density at radius 2 is 1.97 bits per heavy atom. The van der Waals surface area contributed by atoms with E-state index in [1.165, 1.54) is 6.26 Å². The standard InChI is InChI=1S/C20H27N3O8/c1-5-28-17(25)15-12(22-18(26)23-16(15)13-7-6-10-29-13)11-30-14(24)8-9-21-19(27)31-20(2,3)4/h6-7,10,16H,5,8-9,11H2,1-4H3,(H,21,27)(H2,22,23,26). The maximum Gasteiger partial charge on any atom is 0.407 e. The highest BCUT2D eigenvalue weighted by atomic mass is 16.6. The molecule has 1 aliphatic rings. The lowest BCUT2D eigenvalue weighted by Gasteiger charge is -2.27. The van der Waals surface area contributed by atoms with E-state index in [1.807, 2.05) is 0 Å². The summed E-state index contributed by atoms with van der Waals surface area (Å²) >= 11 is 0. The number of alkyl carbamates (subject to hydrolysis) is 1. The molecule has 1 atom stereocenters. The van der Waals surface area contributed by atoms with Crippen LogP contribution in [-0.2, 0) is 23.8 Å². The molecule has 0 aliphatic carbocycles. The number of rotatable bonds is 8. The van der Waals surface area contributed by atoms with Gasteiger partial charge in [-0.25, -0.2) is 14.4 Å². The molecule has 11 heteroatoms. The van der Waals surface area contributed by atoms with Crippen LogP contribution in [0.1, 0.15) is 45.9 Å². The Bertz CT molecular complexity index is 839. The van der Waals surface area contributed by atoms with Crippen LogP contribution in [0.4, 0.5) is 9.59 Å². The molecule has 0 saturated carbocycles. The lowest BCUT2D eigenvalue weighted by Crippen LogP contribution is -2.47. The van der Waals surface area contributed by atoms with Crippen LogP contribution in [-0.4, -0.2) is 49.4 Å². The van der Waals surface area contributed by atoms with Gasteiger partial charge in [0.2, 0.25) is 0 Å². The SMILES string of the molecule is CCOC(=O)C1=C(COC(=O)CCNC(=O)OC(C)(C)C)NC(=O)NC1c1ccco1. The van der Waals surface area contributed by atoms with Crippen molar-refractivity contribution in [2.75, 3.05) is 19.8 Å². The third kappa shape index (κ3) is 7.36. The van der Waals surface area contributed by atoms with Crippen LogP contribution in [0.15, 0.2) is 34.1 Å². The first-order chi connectivity index (χ1) is 14.6. The third-order valence-electron chi connectivity index (χ3n) is 3.85. The highest BCUT2D eigenvalue weighted by Crippen LogP contribution is 2.28. The summed E-state index contributed by atoms with van der Waals surface area (Å²) in [5.74, 6) is -1.01. The molecule has 3 N–H and O–H groups in total. The molecule has 2 rings (SSSR count). The Morgan fingerprint density at radius 1 is 1.23 bits per heavy atom. The Labute approximate surface area is 179 Å². The summed E-state index contributed by atoms with van der Waals surface area (Å²) in [5, 5.41) is 7.50. The van der Waals surface area contributed by atoms with Gasteiger partial charge in [0.05, 0.1) is 30.6 Å². The van der Waals surface area contributed by atoms with E-state index in [0.29, 0.717) is 5.76 Å². The van der Waals surface area contributed by atoms with Crippen LogP contribution in [0.25, 0.3) is 0 Å². The van der Waals surface area contributed by atoms with Crippen molar-refractivity contribution < 1.29 is 37.8 Å². The molecule has 1 aromatic heterocycles. The first kappa shape index (κ1) is 23.8. The van der Waals surface area contributed by atoms with Gasteiger partial charge in [-0.1, -0.05) is 0 Å². The Morgan fingerprint density at radius 3 is 2.58 bits per heavy atom. The summed E-state index contributed by atoms with van der Waals surface area (Å²) < 4.78 is 20.6. The molecule has 170 valence electrons. The summed E-state index contributed by atoms with van der Waals surface area (Å²) in [6.45, 7) is 6.55. The summed E-state index contributed by atoms with van der Waals surface area (Å²) in [7, 11) is 0. The molecule has 1 aromatic rings. The second kappa shape index (κ2) is 10.5. The fraction of sp³-hybridized carbons (Fsp3) is 0.500. The molecule has 3 amide bonds. The number of urea groups is 1. The van der Waals surface area contributed by atoms with Crippen molar-refractivity contribution in [3.63, 3.8) is 0 Å². The van der Waals surface area contributed by atoms with Gasteiger partial charge in [0, 0.05) is 6.54 Å². The molecule has 0 aromatic carbocycles. The van der Waals surface area contributed by atoms with Crippen molar-refractivity contribution in [3.05, 3.63) is 35.4 Å². The van der Waals surface area contributed by atoms with Gasteiger partial charge >= 0.3 is 24.1 Å². The van der Waals surface area contributed by atoms with Crippen molar-refractivity contribution in [2.24, 2.45) is 0 Å². The third-order valence-corrected chi connectivity index (χ3v) is 3.85. The monoisotopic (exact) mass is 437 g/mol. The fourth-order valence-electron chi connectivity index (χ4n) is 2.66. The van der Waals surface area contributed by atoms with Crippen LogP contribution >= 0.6 is 0 Å². The molecule has 0 radical (unpaired) electrons. The van der Waals surface area contributed by atoms with Crippen LogP contribution in [0.3, 0.4) is 0 Å². The highest BCUT2D eigenvalue weighted by molar-refractivity contribution is 5.95. The van der Waals surface area contributed by atoms with E-state index in [-0.39, 0.29) is 37.4 Å². The summed E-state index contributed by atoms with van der Waals surface area (Å²) in [6, 6.07) is 1.72. The zero-order valence-corrected chi connectivity index (χ0v) is 17.9. The predicted molar refractivity (Wildman–Crippen MR) is 107 cm³/mol. The van der Waals surface area contributed by atoms with Gasteiger partial charge in [-0.2, -0.15) is 0 Å². The van der Waals surface area contributed by atoms with Crippen LogP contribution in [0.2, 0.25) is 0 Å². The Balaban J connectivity index is 2.02. The number of hydrogen-bond acceptors (Lipinski definition) is 8. The quantitative estimate of drug-likeness (QED) is 0.413. The van der Waals surface area contributed by atoms with Gasteiger partial charge in [-0.15, -0.1) is 0 Å². The summed E-state index contributed by atoms with van der Waals surface area (Å²) in [5.41, 5.74) is -0.508. The molecular formula is C20H27N3O8. The van der Waals surface area contributed by atoms with E-state index in [1.54, 1.807) is 39.8 Å². The topological polar surface area (TPSA) is 145 Å². The van der Waals surface area contributed by atoms with Crippen molar-refractivity contribution in [3.8, 4) is 0 Å². The number of carbonyl (C=O) groups is 4. The summed E-state index contributed by atoms with van der Waals surface area (Å²) in [4.78, 5) is 48.2. The van der Waals surface area contributed by atoms with Gasteiger partial charge in [-0.05, 0) is 39.8 Å². The zero-order valence-electron chi connectivity index (χ0n) is 17.9. The minimum Gasteiger partial charge on any atom is -0.467 e. The Hall–Kier alpha value is -3.50. The molecule has 1 unspecified atom stereocenters. The largest absolute Gasteiger partial charge is 0.467 e. The lowest BCUT2D eigenvalue weighted by atomic mass is 10.0. The lowest BCUT2D eigenvalue weighted by molar-refractivity contribution is -0.143. The molecule has 0 spiro atoms. The Kier molecular flexibility index (Phi) is 8.06.